The first-order valence-electron chi connectivity index (χ1n) is 8.26. The van der Waals surface area contributed by atoms with Gasteiger partial charge in [0, 0.05) is 23.5 Å². The van der Waals surface area contributed by atoms with Crippen molar-refractivity contribution >= 4 is 28.2 Å². The van der Waals surface area contributed by atoms with Crippen molar-refractivity contribution in [2.75, 3.05) is 12.4 Å². The fourth-order valence-corrected chi connectivity index (χ4v) is 3.16. The summed E-state index contributed by atoms with van der Waals surface area (Å²) in [7, 11) is 1.86. The van der Waals surface area contributed by atoms with Gasteiger partial charge in [-0.2, -0.15) is 10.4 Å². The molecule has 2 N–H and O–H groups in total. The molecule has 26 heavy (non-hydrogen) atoms. The largest absolute Gasteiger partial charge is 0.362 e. The quantitative estimate of drug-likeness (QED) is 0.669. The molecule has 0 radical (unpaired) electrons. The smallest absolute Gasteiger partial charge is 0.157 e. The van der Waals surface area contributed by atoms with Crippen LogP contribution in [-0.2, 0) is 6.54 Å². The van der Waals surface area contributed by atoms with E-state index in [-0.39, 0.29) is 6.04 Å². The van der Waals surface area contributed by atoms with Crippen LogP contribution in [0.5, 0.6) is 0 Å². The normalized spacial score (nSPS) is 12.0. The van der Waals surface area contributed by atoms with Crippen molar-refractivity contribution in [3.05, 3.63) is 58.0 Å². The van der Waals surface area contributed by atoms with Gasteiger partial charge in [0.2, 0.25) is 0 Å². The molecule has 1 atom stereocenters. The predicted octanol–water partition coefficient (Wildman–Crippen LogP) is 3.75. The van der Waals surface area contributed by atoms with Gasteiger partial charge < -0.3 is 10.6 Å². The van der Waals surface area contributed by atoms with Gasteiger partial charge in [0.1, 0.15) is 5.15 Å². The van der Waals surface area contributed by atoms with E-state index in [1.165, 1.54) is 0 Å². The molecule has 0 amide bonds. The van der Waals surface area contributed by atoms with Gasteiger partial charge in [-0.15, -0.1) is 5.10 Å². The Morgan fingerprint density at radius 3 is 2.81 bits per heavy atom. The van der Waals surface area contributed by atoms with E-state index in [0.29, 0.717) is 23.1 Å². The molecule has 0 aliphatic rings. The van der Waals surface area contributed by atoms with E-state index < -0.39 is 0 Å². The third kappa shape index (κ3) is 3.45. The SMILES string of the molecule is CNCc1nnc(N[C@H](C)c2cccc(C#N)c2C)c2cc(Cl)ncc12. The van der Waals surface area contributed by atoms with E-state index in [4.69, 9.17) is 11.6 Å². The number of benzene rings is 1. The maximum absolute atomic E-state index is 9.25. The van der Waals surface area contributed by atoms with Gasteiger partial charge in [-0.05, 0) is 44.2 Å². The molecule has 132 valence electrons. The number of halogens is 1. The maximum Gasteiger partial charge on any atom is 0.157 e. The second kappa shape index (κ2) is 7.65. The van der Waals surface area contributed by atoms with Gasteiger partial charge in [-0.1, -0.05) is 23.7 Å². The molecule has 0 aliphatic carbocycles. The molecule has 2 aromatic heterocycles. The predicted molar refractivity (Wildman–Crippen MR) is 103 cm³/mol. The fraction of sp³-hybridized carbons (Fsp3) is 0.263. The minimum absolute atomic E-state index is 0.0529. The summed E-state index contributed by atoms with van der Waals surface area (Å²) < 4.78 is 0. The van der Waals surface area contributed by atoms with Crippen molar-refractivity contribution in [1.82, 2.24) is 20.5 Å². The summed E-state index contributed by atoms with van der Waals surface area (Å²) in [6.07, 6.45) is 1.72. The maximum atomic E-state index is 9.25. The number of rotatable bonds is 5. The minimum atomic E-state index is -0.0529. The Morgan fingerprint density at radius 2 is 2.08 bits per heavy atom. The lowest BCUT2D eigenvalue weighted by molar-refractivity contribution is 0.773. The monoisotopic (exact) mass is 366 g/mol. The lowest BCUT2D eigenvalue weighted by atomic mass is 9.98. The van der Waals surface area contributed by atoms with Gasteiger partial charge in [-0.25, -0.2) is 4.98 Å². The molecule has 7 heteroatoms. The second-order valence-electron chi connectivity index (χ2n) is 6.08. The van der Waals surface area contributed by atoms with Crippen molar-refractivity contribution in [1.29, 1.82) is 5.26 Å². The highest BCUT2D eigenvalue weighted by molar-refractivity contribution is 6.30. The van der Waals surface area contributed by atoms with Gasteiger partial charge in [0.15, 0.2) is 5.82 Å². The summed E-state index contributed by atoms with van der Waals surface area (Å²) in [6.45, 7) is 4.57. The number of aromatic nitrogens is 3. The average molecular weight is 367 g/mol. The van der Waals surface area contributed by atoms with Gasteiger partial charge >= 0.3 is 0 Å². The molecule has 1 aromatic carbocycles. The number of hydrogen-bond acceptors (Lipinski definition) is 6. The number of fused-ring (bicyclic) bond motifs is 1. The Balaban J connectivity index is 2.03. The molecule has 0 aliphatic heterocycles. The first-order valence-corrected chi connectivity index (χ1v) is 8.64. The summed E-state index contributed by atoms with van der Waals surface area (Å²) >= 11 is 6.10. The molecular weight excluding hydrogens is 348 g/mol. The Hall–Kier alpha value is -2.75. The van der Waals surface area contributed by atoms with E-state index in [9.17, 15) is 5.26 Å². The topological polar surface area (TPSA) is 86.5 Å². The van der Waals surface area contributed by atoms with Crippen LogP contribution >= 0.6 is 11.6 Å². The van der Waals surface area contributed by atoms with Crippen molar-refractivity contribution in [2.24, 2.45) is 0 Å². The molecular formula is C19H19ClN6. The standard InChI is InChI=1S/C19H19ClN6/c1-11-13(8-21)5-4-6-14(11)12(2)24-19-15-7-18(20)23-9-16(15)17(10-22-3)25-26-19/h4-7,9,12,22H,10H2,1-3H3,(H,24,26)/t12-/m1/s1. The lowest BCUT2D eigenvalue weighted by Crippen LogP contribution is -2.13. The molecule has 6 nitrogen and oxygen atoms in total. The molecule has 0 unspecified atom stereocenters. The van der Waals surface area contributed by atoms with E-state index in [2.05, 4.69) is 31.9 Å². The van der Waals surface area contributed by atoms with Crippen LogP contribution in [0, 0.1) is 18.3 Å². The summed E-state index contributed by atoms with van der Waals surface area (Å²) in [5, 5.41) is 26.6. The van der Waals surface area contributed by atoms with Crippen LogP contribution in [0.4, 0.5) is 5.82 Å². The Kier molecular flexibility index (Phi) is 5.31. The van der Waals surface area contributed by atoms with Crippen molar-refractivity contribution < 1.29 is 0 Å². The summed E-state index contributed by atoms with van der Waals surface area (Å²) in [5.41, 5.74) is 3.48. The van der Waals surface area contributed by atoms with Crippen LogP contribution in [0.25, 0.3) is 10.8 Å². The van der Waals surface area contributed by atoms with Crippen LogP contribution < -0.4 is 10.6 Å². The summed E-state index contributed by atoms with van der Waals surface area (Å²) in [4.78, 5) is 4.17. The van der Waals surface area contributed by atoms with E-state index >= 15 is 0 Å². The fourth-order valence-electron chi connectivity index (χ4n) is 3.01. The van der Waals surface area contributed by atoms with E-state index in [1.807, 2.05) is 39.1 Å². The Morgan fingerprint density at radius 1 is 1.27 bits per heavy atom. The highest BCUT2D eigenvalue weighted by atomic mass is 35.5. The molecule has 0 bridgehead atoms. The number of pyridine rings is 1. The number of anilines is 1. The summed E-state index contributed by atoms with van der Waals surface area (Å²) in [5.74, 6) is 0.637. The van der Waals surface area contributed by atoms with Gasteiger partial charge in [0.05, 0.1) is 23.4 Å². The van der Waals surface area contributed by atoms with Crippen molar-refractivity contribution in [3.63, 3.8) is 0 Å². The zero-order valence-corrected chi connectivity index (χ0v) is 15.6. The number of hydrogen-bond donors (Lipinski definition) is 2. The second-order valence-corrected chi connectivity index (χ2v) is 6.46. The van der Waals surface area contributed by atoms with Crippen molar-refractivity contribution in [3.8, 4) is 6.07 Å². The first kappa shape index (κ1) is 18.1. The molecule has 0 fully saturated rings. The Bertz CT molecular complexity index is 995. The number of nitrogens with zero attached hydrogens (tertiary/aromatic N) is 4. The third-order valence-corrected chi connectivity index (χ3v) is 4.57. The van der Waals surface area contributed by atoms with Crippen LogP contribution in [0.3, 0.4) is 0 Å². The average Bonchev–Trinajstić information content (AvgIpc) is 2.64. The zero-order chi connectivity index (χ0) is 18.7. The van der Waals surface area contributed by atoms with Crippen LogP contribution in [0.15, 0.2) is 30.5 Å². The minimum Gasteiger partial charge on any atom is -0.362 e. The summed E-state index contributed by atoms with van der Waals surface area (Å²) in [6, 6.07) is 9.68. The van der Waals surface area contributed by atoms with Crippen molar-refractivity contribution in [2.45, 2.75) is 26.4 Å². The van der Waals surface area contributed by atoms with Gasteiger partial charge in [0.25, 0.3) is 0 Å². The Labute approximate surface area is 157 Å². The highest BCUT2D eigenvalue weighted by Crippen LogP contribution is 2.29. The molecule has 0 spiro atoms. The molecule has 3 rings (SSSR count). The highest BCUT2D eigenvalue weighted by Gasteiger charge is 2.15. The number of nitriles is 1. The van der Waals surface area contributed by atoms with Gasteiger partial charge in [-0.3, -0.25) is 0 Å². The molecule has 0 saturated heterocycles. The molecule has 0 saturated carbocycles. The van der Waals surface area contributed by atoms with Crippen LogP contribution in [0.2, 0.25) is 5.15 Å². The molecule has 3 aromatic rings. The van der Waals surface area contributed by atoms with Crippen LogP contribution in [-0.4, -0.2) is 22.2 Å². The third-order valence-electron chi connectivity index (χ3n) is 4.37. The van der Waals surface area contributed by atoms with E-state index in [1.54, 1.807) is 12.3 Å². The lowest BCUT2D eigenvalue weighted by Gasteiger charge is -2.19. The first-order chi connectivity index (χ1) is 12.5. The van der Waals surface area contributed by atoms with E-state index in [0.717, 1.165) is 27.6 Å². The zero-order valence-electron chi connectivity index (χ0n) is 14.8. The van der Waals surface area contributed by atoms with Crippen LogP contribution in [0.1, 0.15) is 35.3 Å². The number of nitrogens with one attached hydrogen (secondary N) is 2. The molecule has 2 heterocycles.